The molecule has 1 rings (SSSR count). The molecule has 0 aliphatic carbocycles. The Morgan fingerprint density at radius 1 is 1.35 bits per heavy atom. The van der Waals surface area contributed by atoms with Crippen molar-refractivity contribution in [2.75, 3.05) is 13.2 Å². The van der Waals surface area contributed by atoms with Crippen molar-refractivity contribution in [1.29, 1.82) is 0 Å². The Hall–Kier alpha value is -1.81. The molecule has 4 nitrogen and oxygen atoms in total. The van der Waals surface area contributed by atoms with E-state index >= 15 is 0 Å². The van der Waals surface area contributed by atoms with Gasteiger partial charge in [0.1, 0.15) is 25.1 Å². The van der Waals surface area contributed by atoms with Crippen LogP contribution in [0, 0.1) is 0 Å². The summed E-state index contributed by atoms with van der Waals surface area (Å²) in [7, 11) is 0. The van der Waals surface area contributed by atoms with Crippen molar-refractivity contribution in [1.82, 2.24) is 0 Å². The number of aliphatic hydroxyl groups excluding tert-OH is 1. The number of esters is 1. The largest absolute Gasteiger partial charge is 0.490 e. The summed E-state index contributed by atoms with van der Waals surface area (Å²) in [6, 6.07) is 7.73. The van der Waals surface area contributed by atoms with E-state index in [4.69, 9.17) is 9.47 Å². The van der Waals surface area contributed by atoms with Crippen molar-refractivity contribution in [2.24, 2.45) is 0 Å². The molecule has 1 aromatic carbocycles. The van der Waals surface area contributed by atoms with Crippen LogP contribution in [0.2, 0.25) is 0 Å². The van der Waals surface area contributed by atoms with Crippen LogP contribution < -0.4 is 4.74 Å². The molecule has 0 radical (unpaired) electrons. The molecule has 110 valence electrons. The summed E-state index contributed by atoms with van der Waals surface area (Å²) < 4.78 is 10.4. The molecule has 0 aliphatic heterocycles. The zero-order chi connectivity index (χ0) is 15.0. The summed E-state index contributed by atoms with van der Waals surface area (Å²) in [4.78, 5) is 11.2. The molecule has 0 saturated heterocycles. The summed E-state index contributed by atoms with van der Waals surface area (Å²) in [5.41, 5.74) is 1.42. The molecule has 0 aliphatic rings. The van der Waals surface area contributed by atoms with E-state index in [9.17, 15) is 9.90 Å². The monoisotopic (exact) mass is 278 g/mol. The predicted molar refractivity (Wildman–Crippen MR) is 77.7 cm³/mol. The number of ether oxygens (including phenoxy) is 2. The molecule has 0 amide bonds. The van der Waals surface area contributed by atoms with E-state index in [0.29, 0.717) is 5.57 Å². The van der Waals surface area contributed by atoms with Crippen molar-refractivity contribution in [3.8, 4) is 5.75 Å². The lowest BCUT2D eigenvalue weighted by Crippen LogP contribution is -2.25. The van der Waals surface area contributed by atoms with E-state index in [1.54, 1.807) is 6.92 Å². The van der Waals surface area contributed by atoms with Gasteiger partial charge in [0.15, 0.2) is 0 Å². The minimum absolute atomic E-state index is 0.0875. The zero-order valence-electron chi connectivity index (χ0n) is 12.1. The molecular weight excluding hydrogens is 256 g/mol. The highest BCUT2D eigenvalue weighted by Gasteiger charge is 2.11. The van der Waals surface area contributed by atoms with Crippen LogP contribution >= 0.6 is 0 Å². The lowest BCUT2D eigenvalue weighted by Gasteiger charge is -2.15. The van der Waals surface area contributed by atoms with Gasteiger partial charge in [0.25, 0.3) is 0 Å². The van der Waals surface area contributed by atoms with Crippen LogP contribution in [0.4, 0.5) is 0 Å². The number of rotatable bonds is 8. The third-order valence-corrected chi connectivity index (χ3v) is 2.68. The number of aryl methyl sites for hydroxylation is 1. The van der Waals surface area contributed by atoms with E-state index < -0.39 is 12.1 Å². The Morgan fingerprint density at radius 3 is 2.70 bits per heavy atom. The topological polar surface area (TPSA) is 55.8 Å². The second-order valence-corrected chi connectivity index (χ2v) is 4.70. The summed E-state index contributed by atoms with van der Waals surface area (Å²) in [5, 5.41) is 9.73. The quantitative estimate of drug-likeness (QED) is 0.586. The second-order valence-electron chi connectivity index (χ2n) is 4.70. The van der Waals surface area contributed by atoms with Crippen LogP contribution in [-0.4, -0.2) is 30.4 Å². The number of hydrogen-bond acceptors (Lipinski definition) is 4. The van der Waals surface area contributed by atoms with E-state index in [-0.39, 0.29) is 13.2 Å². The second kappa shape index (κ2) is 8.38. The van der Waals surface area contributed by atoms with E-state index in [0.717, 1.165) is 24.2 Å². The zero-order valence-corrected chi connectivity index (χ0v) is 12.1. The Morgan fingerprint density at radius 2 is 2.05 bits per heavy atom. The molecular formula is C16H22O4. The lowest BCUT2D eigenvalue weighted by atomic mass is 10.1. The average molecular weight is 278 g/mol. The van der Waals surface area contributed by atoms with Crippen molar-refractivity contribution < 1.29 is 19.4 Å². The van der Waals surface area contributed by atoms with Crippen molar-refractivity contribution in [3.05, 3.63) is 42.0 Å². The first-order valence-corrected chi connectivity index (χ1v) is 6.76. The van der Waals surface area contributed by atoms with Gasteiger partial charge in [0, 0.05) is 5.57 Å². The van der Waals surface area contributed by atoms with Gasteiger partial charge in [-0.15, -0.1) is 0 Å². The number of carbonyl (C=O) groups excluding carboxylic acids is 1. The van der Waals surface area contributed by atoms with Gasteiger partial charge < -0.3 is 14.6 Å². The number of carbonyl (C=O) groups is 1. The Bertz CT molecular complexity index is 454. The highest BCUT2D eigenvalue weighted by molar-refractivity contribution is 5.86. The SMILES string of the molecule is C=C(C)C(=O)OCC(O)COc1ccccc1CCC. The molecule has 0 bridgehead atoms. The third kappa shape index (κ3) is 5.45. The maximum atomic E-state index is 11.2. The fraction of sp³-hybridized carbons (Fsp3) is 0.438. The van der Waals surface area contributed by atoms with Crippen molar-refractivity contribution in [2.45, 2.75) is 32.8 Å². The summed E-state index contributed by atoms with van der Waals surface area (Å²) >= 11 is 0. The third-order valence-electron chi connectivity index (χ3n) is 2.68. The van der Waals surface area contributed by atoms with Gasteiger partial charge >= 0.3 is 5.97 Å². The first kappa shape index (κ1) is 16.2. The Labute approximate surface area is 120 Å². The van der Waals surface area contributed by atoms with Crippen LogP contribution in [0.1, 0.15) is 25.8 Å². The van der Waals surface area contributed by atoms with Gasteiger partial charge in [-0.2, -0.15) is 0 Å². The molecule has 0 saturated carbocycles. The molecule has 1 atom stereocenters. The molecule has 1 aromatic rings. The smallest absolute Gasteiger partial charge is 0.333 e. The maximum absolute atomic E-state index is 11.2. The minimum Gasteiger partial charge on any atom is -0.490 e. The first-order chi connectivity index (χ1) is 9.54. The molecule has 0 heterocycles. The molecule has 0 aromatic heterocycles. The van der Waals surface area contributed by atoms with E-state index in [1.165, 1.54) is 0 Å². The van der Waals surface area contributed by atoms with Crippen LogP contribution in [0.5, 0.6) is 5.75 Å². The highest BCUT2D eigenvalue weighted by atomic mass is 16.5. The molecule has 20 heavy (non-hydrogen) atoms. The Kier molecular flexibility index (Phi) is 6.81. The minimum atomic E-state index is -0.854. The van der Waals surface area contributed by atoms with Gasteiger partial charge in [-0.05, 0) is 25.0 Å². The highest BCUT2D eigenvalue weighted by Crippen LogP contribution is 2.19. The summed E-state index contributed by atoms with van der Waals surface area (Å²) in [6.45, 7) is 7.12. The predicted octanol–water partition coefficient (Wildman–Crippen LogP) is 2.50. The fourth-order valence-corrected chi connectivity index (χ4v) is 1.65. The average Bonchev–Trinajstić information content (AvgIpc) is 2.44. The molecule has 1 unspecified atom stereocenters. The Balaban J connectivity index is 2.42. The van der Waals surface area contributed by atoms with Gasteiger partial charge in [-0.1, -0.05) is 38.1 Å². The maximum Gasteiger partial charge on any atom is 0.333 e. The lowest BCUT2D eigenvalue weighted by molar-refractivity contribution is -0.142. The summed E-state index contributed by atoms with van der Waals surface area (Å²) in [6.07, 6.45) is 1.10. The number of para-hydroxylation sites is 1. The first-order valence-electron chi connectivity index (χ1n) is 6.76. The standard InChI is InChI=1S/C16H22O4/c1-4-7-13-8-5-6-9-15(13)19-10-14(17)11-20-16(18)12(2)3/h5-6,8-9,14,17H,2,4,7,10-11H2,1,3H3. The number of aliphatic hydroxyl groups is 1. The van der Waals surface area contributed by atoms with Crippen LogP contribution in [-0.2, 0) is 16.0 Å². The molecule has 1 N–H and O–H groups in total. The van der Waals surface area contributed by atoms with Crippen LogP contribution in [0.25, 0.3) is 0 Å². The van der Waals surface area contributed by atoms with Gasteiger partial charge in [-0.3, -0.25) is 0 Å². The van der Waals surface area contributed by atoms with Crippen molar-refractivity contribution in [3.63, 3.8) is 0 Å². The summed E-state index contributed by atoms with van der Waals surface area (Å²) in [5.74, 6) is 0.259. The number of hydrogen-bond donors (Lipinski definition) is 1. The van der Waals surface area contributed by atoms with Gasteiger partial charge in [0.05, 0.1) is 0 Å². The number of benzene rings is 1. The molecule has 0 spiro atoms. The van der Waals surface area contributed by atoms with Crippen molar-refractivity contribution >= 4 is 5.97 Å². The molecule has 4 heteroatoms. The van der Waals surface area contributed by atoms with Gasteiger partial charge in [-0.25, -0.2) is 4.79 Å². The molecule has 0 fully saturated rings. The fourth-order valence-electron chi connectivity index (χ4n) is 1.65. The van der Waals surface area contributed by atoms with Crippen LogP contribution in [0.15, 0.2) is 36.4 Å². The normalized spacial score (nSPS) is 11.8. The van der Waals surface area contributed by atoms with Gasteiger partial charge in [0.2, 0.25) is 0 Å². The van der Waals surface area contributed by atoms with Crippen LogP contribution in [0.3, 0.4) is 0 Å². The van der Waals surface area contributed by atoms with E-state index in [2.05, 4.69) is 13.5 Å². The van der Waals surface area contributed by atoms with E-state index in [1.807, 2.05) is 24.3 Å².